The Morgan fingerprint density at radius 1 is 1.15 bits per heavy atom. The Morgan fingerprint density at radius 3 is 2.55 bits per heavy atom. The van der Waals surface area contributed by atoms with Gasteiger partial charge in [0.25, 0.3) is 0 Å². The Morgan fingerprint density at radius 2 is 1.85 bits per heavy atom. The average molecular weight is 269 g/mol. The van der Waals surface area contributed by atoms with Gasteiger partial charge >= 0.3 is 0 Å². The number of nitrogens with one attached hydrogen (secondary N) is 1. The minimum atomic E-state index is 0.284. The minimum Gasteiger partial charge on any atom is -0.311 e. The number of carbonyl (C=O) groups is 1. The van der Waals surface area contributed by atoms with Crippen molar-refractivity contribution in [3.63, 3.8) is 0 Å². The van der Waals surface area contributed by atoms with Gasteiger partial charge in [0.15, 0.2) is 0 Å². The van der Waals surface area contributed by atoms with Gasteiger partial charge in [0.2, 0.25) is 0 Å². The summed E-state index contributed by atoms with van der Waals surface area (Å²) >= 11 is 0. The summed E-state index contributed by atoms with van der Waals surface area (Å²) in [5.74, 6) is 0.711. The summed E-state index contributed by atoms with van der Waals surface area (Å²) < 4.78 is 0. The maximum atomic E-state index is 12.3. The molecule has 2 heterocycles. The van der Waals surface area contributed by atoms with Crippen molar-refractivity contribution >= 4 is 11.9 Å². The Kier molecular flexibility index (Phi) is 4.31. The van der Waals surface area contributed by atoms with E-state index in [9.17, 15) is 4.79 Å². The lowest BCUT2D eigenvalue weighted by atomic mass is 9.78. The van der Waals surface area contributed by atoms with E-state index in [2.05, 4.69) is 23.5 Å². The SMILES string of the molecule is O=C(C/C=C/c1ccccc1)C1CC2CCCC(C1)N2. The predicted octanol–water partition coefficient (Wildman–Crippen LogP) is 3.58. The van der Waals surface area contributed by atoms with E-state index in [1.807, 2.05) is 24.3 Å². The molecule has 0 spiro atoms. The summed E-state index contributed by atoms with van der Waals surface area (Å²) in [5.41, 5.74) is 1.17. The largest absolute Gasteiger partial charge is 0.311 e. The maximum absolute atomic E-state index is 12.3. The molecule has 1 N–H and O–H groups in total. The van der Waals surface area contributed by atoms with Gasteiger partial charge in [0.1, 0.15) is 5.78 Å². The summed E-state index contributed by atoms with van der Waals surface area (Å²) in [4.78, 5) is 12.3. The summed E-state index contributed by atoms with van der Waals surface area (Å²) in [7, 11) is 0. The van der Waals surface area contributed by atoms with Gasteiger partial charge in [-0.2, -0.15) is 0 Å². The lowest BCUT2D eigenvalue weighted by Gasteiger charge is -2.39. The second-order valence-electron chi connectivity index (χ2n) is 6.14. The van der Waals surface area contributed by atoms with Gasteiger partial charge in [-0.25, -0.2) is 0 Å². The molecule has 1 aromatic carbocycles. The number of ketones is 1. The number of rotatable bonds is 4. The predicted molar refractivity (Wildman–Crippen MR) is 82.4 cm³/mol. The fourth-order valence-electron chi connectivity index (χ4n) is 3.57. The van der Waals surface area contributed by atoms with E-state index >= 15 is 0 Å². The maximum Gasteiger partial charge on any atom is 0.139 e. The Bertz CT molecular complexity index is 467. The lowest BCUT2D eigenvalue weighted by molar-refractivity contribution is -0.123. The Labute approximate surface area is 121 Å². The van der Waals surface area contributed by atoms with Crippen LogP contribution < -0.4 is 5.32 Å². The van der Waals surface area contributed by atoms with Crippen molar-refractivity contribution in [1.82, 2.24) is 5.32 Å². The highest BCUT2D eigenvalue weighted by atomic mass is 16.1. The van der Waals surface area contributed by atoms with Crippen LogP contribution in [0.2, 0.25) is 0 Å². The van der Waals surface area contributed by atoms with Crippen molar-refractivity contribution in [2.24, 2.45) is 5.92 Å². The van der Waals surface area contributed by atoms with Crippen LogP contribution in [0.15, 0.2) is 36.4 Å². The highest BCUT2D eigenvalue weighted by Gasteiger charge is 2.33. The van der Waals surface area contributed by atoms with E-state index in [4.69, 9.17) is 0 Å². The minimum absolute atomic E-state index is 0.284. The molecular formula is C18H23NO. The van der Waals surface area contributed by atoms with Crippen LogP contribution in [0.25, 0.3) is 6.08 Å². The van der Waals surface area contributed by atoms with E-state index in [1.165, 1.54) is 24.8 Å². The van der Waals surface area contributed by atoms with Gasteiger partial charge in [0.05, 0.1) is 0 Å². The quantitative estimate of drug-likeness (QED) is 0.905. The molecule has 2 atom stereocenters. The van der Waals surface area contributed by atoms with Crippen molar-refractivity contribution < 1.29 is 4.79 Å². The van der Waals surface area contributed by atoms with E-state index in [1.54, 1.807) is 0 Å². The van der Waals surface area contributed by atoms with Crippen molar-refractivity contribution in [2.75, 3.05) is 0 Å². The lowest BCUT2D eigenvalue weighted by Crippen LogP contribution is -2.49. The molecule has 2 bridgehead atoms. The Hall–Kier alpha value is -1.41. The van der Waals surface area contributed by atoms with E-state index in [-0.39, 0.29) is 5.92 Å². The summed E-state index contributed by atoms with van der Waals surface area (Å²) in [6.07, 6.45) is 10.6. The van der Waals surface area contributed by atoms with Gasteiger partial charge < -0.3 is 5.32 Å². The molecule has 2 nitrogen and oxygen atoms in total. The van der Waals surface area contributed by atoms with Crippen LogP contribution in [0, 0.1) is 5.92 Å². The van der Waals surface area contributed by atoms with Crippen molar-refractivity contribution in [2.45, 2.75) is 50.6 Å². The van der Waals surface area contributed by atoms with Gasteiger partial charge in [0, 0.05) is 24.4 Å². The fraction of sp³-hybridized carbons (Fsp3) is 0.500. The molecule has 3 rings (SSSR count). The first-order valence-corrected chi connectivity index (χ1v) is 7.81. The van der Waals surface area contributed by atoms with E-state index in [0.29, 0.717) is 24.3 Å². The second kappa shape index (κ2) is 6.36. The third kappa shape index (κ3) is 3.37. The molecule has 2 aliphatic rings. The molecule has 106 valence electrons. The topological polar surface area (TPSA) is 29.1 Å². The number of benzene rings is 1. The van der Waals surface area contributed by atoms with Gasteiger partial charge in [-0.05, 0) is 31.2 Å². The zero-order chi connectivity index (χ0) is 13.8. The average Bonchev–Trinajstić information content (AvgIpc) is 2.48. The van der Waals surface area contributed by atoms with Gasteiger partial charge in [-0.3, -0.25) is 4.79 Å². The van der Waals surface area contributed by atoms with Crippen LogP contribution in [-0.4, -0.2) is 17.9 Å². The molecule has 0 aliphatic carbocycles. The molecule has 0 aromatic heterocycles. The number of fused-ring (bicyclic) bond motifs is 2. The highest BCUT2D eigenvalue weighted by Crippen LogP contribution is 2.30. The number of carbonyl (C=O) groups excluding carboxylic acids is 1. The zero-order valence-electron chi connectivity index (χ0n) is 11.9. The third-order valence-electron chi connectivity index (χ3n) is 4.60. The third-order valence-corrected chi connectivity index (χ3v) is 4.60. The fourth-order valence-corrected chi connectivity index (χ4v) is 3.57. The summed E-state index contributed by atoms with van der Waals surface area (Å²) in [5, 5.41) is 3.65. The smallest absolute Gasteiger partial charge is 0.139 e. The normalized spacial score (nSPS) is 29.5. The van der Waals surface area contributed by atoms with Crippen LogP contribution in [0.5, 0.6) is 0 Å². The monoisotopic (exact) mass is 269 g/mol. The van der Waals surface area contributed by atoms with E-state index < -0.39 is 0 Å². The van der Waals surface area contributed by atoms with Crippen molar-refractivity contribution in [3.05, 3.63) is 42.0 Å². The second-order valence-corrected chi connectivity index (χ2v) is 6.14. The van der Waals surface area contributed by atoms with E-state index in [0.717, 1.165) is 12.8 Å². The van der Waals surface area contributed by atoms with Crippen LogP contribution in [0.3, 0.4) is 0 Å². The first-order valence-electron chi connectivity index (χ1n) is 7.81. The molecule has 2 saturated heterocycles. The summed E-state index contributed by atoms with van der Waals surface area (Å²) in [6.45, 7) is 0. The highest BCUT2D eigenvalue weighted by molar-refractivity contribution is 5.83. The first kappa shape index (κ1) is 13.6. The number of hydrogen-bond donors (Lipinski definition) is 1. The summed E-state index contributed by atoms with van der Waals surface area (Å²) in [6, 6.07) is 11.4. The van der Waals surface area contributed by atoms with Crippen LogP contribution in [-0.2, 0) is 4.79 Å². The number of allylic oxidation sites excluding steroid dienone is 1. The van der Waals surface area contributed by atoms with Crippen molar-refractivity contribution in [1.29, 1.82) is 0 Å². The molecule has 0 amide bonds. The molecular weight excluding hydrogens is 246 g/mol. The van der Waals surface area contributed by atoms with Crippen molar-refractivity contribution in [3.8, 4) is 0 Å². The van der Waals surface area contributed by atoms with Gasteiger partial charge in [-0.15, -0.1) is 0 Å². The Balaban J connectivity index is 1.53. The molecule has 2 aliphatic heterocycles. The van der Waals surface area contributed by atoms with Crippen LogP contribution in [0.1, 0.15) is 44.1 Å². The van der Waals surface area contributed by atoms with Crippen LogP contribution in [0.4, 0.5) is 0 Å². The number of Topliss-reactive ketones (excluding diaryl/α,β-unsaturated/α-hetero) is 1. The van der Waals surface area contributed by atoms with Crippen LogP contribution >= 0.6 is 0 Å². The van der Waals surface area contributed by atoms with Gasteiger partial charge in [-0.1, -0.05) is 48.9 Å². The number of hydrogen-bond acceptors (Lipinski definition) is 2. The molecule has 2 heteroatoms. The molecule has 2 fully saturated rings. The molecule has 2 unspecified atom stereocenters. The molecule has 1 aromatic rings. The molecule has 0 saturated carbocycles. The molecule has 0 radical (unpaired) electrons. The standard InChI is InChI=1S/C18H23NO/c20-18(11-4-8-14-6-2-1-3-7-14)15-12-16-9-5-10-17(13-15)19-16/h1-4,6-8,15-17,19H,5,9-13H2/b8-4+. The number of piperidine rings is 2. The first-order chi connectivity index (χ1) is 9.81. The zero-order valence-corrected chi connectivity index (χ0v) is 11.9. The molecule has 20 heavy (non-hydrogen) atoms.